The standard InChI is InChI=1S/C15H19NO3/c1-3-5-15-9-7-8(12(15)19-15)10-11(9)14(18)16(6-4-2)13(10)17/h4,8-12H,2-3,5-7H2,1H3. The highest BCUT2D eigenvalue weighted by Crippen LogP contribution is 2.71. The van der Waals surface area contributed by atoms with Gasteiger partial charge in [-0.15, -0.1) is 6.58 Å². The van der Waals surface area contributed by atoms with Gasteiger partial charge in [-0.3, -0.25) is 14.5 Å². The van der Waals surface area contributed by atoms with Crippen LogP contribution < -0.4 is 0 Å². The van der Waals surface area contributed by atoms with Crippen LogP contribution >= 0.6 is 0 Å². The Kier molecular flexibility index (Phi) is 2.13. The Morgan fingerprint density at radius 2 is 2.16 bits per heavy atom. The van der Waals surface area contributed by atoms with Crippen LogP contribution in [0.4, 0.5) is 0 Å². The third-order valence-corrected chi connectivity index (χ3v) is 5.65. The zero-order valence-corrected chi connectivity index (χ0v) is 11.2. The number of hydrogen-bond donors (Lipinski definition) is 0. The van der Waals surface area contributed by atoms with Crippen molar-refractivity contribution in [3.05, 3.63) is 12.7 Å². The molecule has 0 aromatic heterocycles. The van der Waals surface area contributed by atoms with Gasteiger partial charge in [0.1, 0.15) is 0 Å². The molecule has 2 amide bonds. The molecule has 0 N–H and O–H groups in total. The second kappa shape index (κ2) is 3.48. The van der Waals surface area contributed by atoms with Crippen molar-refractivity contribution in [2.75, 3.05) is 6.54 Å². The largest absolute Gasteiger partial charge is 0.365 e. The van der Waals surface area contributed by atoms with Crippen molar-refractivity contribution in [2.24, 2.45) is 23.7 Å². The van der Waals surface area contributed by atoms with Gasteiger partial charge in [0, 0.05) is 18.4 Å². The van der Waals surface area contributed by atoms with Gasteiger partial charge in [-0.1, -0.05) is 19.4 Å². The molecule has 4 nitrogen and oxygen atoms in total. The molecule has 2 saturated heterocycles. The van der Waals surface area contributed by atoms with E-state index in [1.807, 2.05) is 0 Å². The predicted octanol–water partition coefficient (Wildman–Crippen LogP) is 1.36. The highest BCUT2D eigenvalue weighted by Gasteiger charge is 2.80. The number of carbonyl (C=O) groups is 2. The molecular formula is C15H19NO3. The van der Waals surface area contributed by atoms with Gasteiger partial charge in [-0.2, -0.15) is 0 Å². The molecule has 2 aliphatic heterocycles. The Labute approximate surface area is 112 Å². The lowest BCUT2D eigenvalue weighted by atomic mass is 9.73. The molecule has 0 aromatic carbocycles. The zero-order valence-electron chi connectivity index (χ0n) is 11.2. The van der Waals surface area contributed by atoms with Crippen LogP contribution in [0, 0.1) is 23.7 Å². The molecule has 4 aliphatic rings. The maximum Gasteiger partial charge on any atom is 0.233 e. The summed E-state index contributed by atoms with van der Waals surface area (Å²) in [6, 6.07) is 0. The Morgan fingerprint density at radius 1 is 1.42 bits per heavy atom. The van der Waals surface area contributed by atoms with Gasteiger partial charge >= 0.3 is 0 Å². The van der Waals surface area contributed by atoms with Crippen LogP contribution in [-0.2, 0) is 14.3 Å². The lowest BCUT2D eigenvalue weighted by Gasteiger charge is -2.25. The zero-order chi connectivity index (χ0) is 13.4. The fourth-order valence-electron chi connectivity index (χ4n) is 5.09. The third kappa shape index (κ3) is 1.15. The SMILES string of the molecule is C=CCN1C(=O)C2C3CC(C2C1=O)C1(CCC)OC31. The average molecular weight is 261 g/mol. The maximum atomic E-state index is 12.5. The van der Waals surface area contributed by atoms with Crippen LogP contribution in [-0.4, -0.2) is 35.0 Å². The first-order chi connectivity index (χ1) is 9.15. The first-order valence-electron chi connectivity index (χ1n) is 7.29. The molecule has 4 fully saturated rings. The summed E-state index contributed by atoms with van der Waals surface area (Å²) < 4.78 is 5.95. The molecule has 4 rings (SSSR count). The summed E-state index contributed by atoms with van der Waals surface area (Å²) in [4.78, 5) is 26.3. The van der Waals surface area contributed by atoms with Gasteiger partial charge in [-0.25, -0.2) is 0 Å². The van der Waals surface area contributed by atoms with E-state index >= 15 is 0 Å². The number of likely N-dealkylation sites (tertiary alicyclic amines) is 1. The minimum atomic E-state index is -0.109. The van der Waals surface area contributed by atoms with Gasteiger partial charge in [-0.05, 0) is 12.8 Å². The second-order valence-corrected chi connectivity index (χ2v) is 6.38. The minimum absolute atomic E-state index is 0.0167. The number of epoxide rings is 1. The molecule has 6 unspecified atom stereocenters. The highest BCUT2D eigenvalue weighted by molar-refractivity contribution is 6.06. The quantitative estimate of drug-likeness (QED) is 0.436. The summed E-state index contributed by atoms with van der Waals surface area (Å²) in [7, 11) is 0. The van der Waals surface area contributed by atoms with E-state index in [1.165, 1.54) is 4.90 Å². The Balaban J connectivity index is 1.67. The molecule has 0 spiro atoms. The lowest BCUT2D eigenvalue weighted by molar-refractivity contribution is -0.140. The van der Waals surface area contributed by atoms with Crippen molar-refractivity contribution in [1.29, 1.82) is 0 Å². The van der Waals surface area contributed by atoms with Crippen molar-refractivity contribution in [1.82, 2.24) is 4.90 Å². The topological polar surface area (TPSA) is 49.9 Å². The summed E-state index contributed by atoms with van der Waals surface area (Å²) >= 11 is 0. The van der Waals surface area contributed by atoms with Crippen LogP contribution in [0.25, 0.3) is 0 Å². The molecule has 4 heteroatoms. The normalized spacial score (nSPS) is 49.5. The fourth-order valence-corrected chi connectivity index (χ4v) is 5.09. The van der Waals surface area contributed by atoms with E-state index in [-0.39, 0.29) is 47.2 Å². The smallest absolute Gasteiger partial charge is 0.233 e. The maximum absolute atomic E-state index is 12.5. The Bertz CT molecular complexity index is 488. The van der Waals surface area contributed by atoms with Crippen LogP contribution in [0.5, 0.6) is 0 Å². The first-order valence-corrected chi connectivity index (χ1v) is 7.29. The molecule has 102 valence electrons. The van der Waals surface area contributed by atoms with Crippen molar-refractivity contribution < 1.29 is 14.3 Å². The van der Waals surface area contributed by atoms with Crippen LogP contribution in [0.1, 0.15) is 26.2 Å². The molecule has 19 heavy (non-hydrogen) atoms. The Hall–Kier alpha value is -1.16. The third-order valence-electron chi connectivity index (χ3n) is 5.65. The highest BCUT2D eigenvalue weighted by atomic mass is 16.6. The van der Waals surface area contributed by atoms with Crippen LogP contribution in [0.3, 0.4) is 0 Å². The van der Waals surface area contributed by atoms with Crippen molar-refractivity contribution in [2.45, 2.75) is 37.9 Å². The summed E-state index contributed by atoms with van der Waals surface area (Å²) in [6.45, 7) is 6.15. The summed E-state index contributed by atoms with van der Waals surface area (Å²) in [5.41, 5.74) is -0.0548. The second-order valence-electron chi connectivity index (χ2n) is 6.38. The summed E-state index contributed by atoms with van der Waals surface area (Å²) in [5.74, 6) is 0.388. The van der Waals surface area contributed by atoms with Crippen molar-refractivity contribution >= 4 is 11.8 Å². The van der Waals surface area contributed by atoms with E-state index in [4.69, 9.17) is 4.74 Å². The number of nitrogens with zero attached hydrogens (tertiary/aromatic N) is 1. The Morgan fingerprint density at radius 3 is 2.84 bits per heavy atom. The number of imide groups is 1. The molecule has 2 aliphatic carbocycles. The average Bonchev–Trinajstić information content (AvgIpc) is 2.78. The van der Waals surface area contributed by atoms with E-state index in [0.717, 1.165) is 19.3 Å². The number of amides is 2. The van der Waals surface area contributed by atoms with Crippen molar-refractivity contribution in [3.8, 4) is 0 Å². The molecule has 2 saturated carbocycles. The van der Waals surface area contributed by atoms with Crippen LogP contribution in [0.15, 0.2) is 12.7 Å². The fraction of sp³-hybridized carbons (Fsp3) is 0.733. The number of hydrogen-bond acceptors (Lipinski definition) is 3. The summed E-state index contributed by atoms with van der Waals surface area (Å²) in [6.07, 6.45) is 5.01. The molecular weight excluding hydrogens is 242 g/mol. The number of carbonyl (C=O) groups excluding carboxylic acids is 2. The van der Waals surface area contributed by atoms with Gasteiger partial charge < -0.3 is 4.74 Å². The van der Waals surface area contributed by atoms with Crippen LogP contribution in [0.2, 0.25) is 0 Å². The van der Waals surface area contributed by atoms with E-state index in [0.29, 0.717) is 6.54 Å². The minimum Gasteiger partial charge on any atom is -0.365 e. The van der Waals surface area contributed by atoms with Crippen molar-refractivity contribution in [3.63, 3.8) is 0 Å². The molecule has 6 atom stereocenters. The molecule has 2 bridgehead atoms. The van der Waals surface area contributed by atoms with Gasteiger partial charge in [0.25, 0.3) is 0 Å². The van der Waals surface area contributed by atoms with E-state index in [1.54, 1.807) is 6.08 Å². The summed E-state index contributed by atoms with van der Waals surface area (Å²) in [5, 5.41) is 0. The lowest BCUT2D eigenvalue weighted by Crippen LogP contribution is -2.37. The monoisotopic (exact) mass is 261 g/mol. The van der Waals surface area contributed by atoms with Gasteiger partial charge in [0.2, 0.25) is 11.8 Å². The molecule has 0 aromatic rings. The van der Waals surface area contributed by atoms with Gasteiger partial charge in [0.15, 0.2) is 0 Å². The van der Waals surface area contributed by atoms with E-state index in [2.05, 4.69) is 13.5 Å². The number of rotatable bonds is 4. The van der Waals surface area contributed by atoms with E-state index < -0.39 is 0 Å². The number of ether oxygens (including phenoxy) is 1. The molecule has 0 radical (unpaired) electrons. The van der Waals surface area contributed by atoms with Gasteiger partial charge in [0.05, 0.1) is 23.5 Å². The predicted molar refractivity (Wildman–Crippen MR) is 68.0 cm³/mol. The molecule has 2 heterocycles. The number of fused-ring (bicyclic) bond motifs is 8. The first kappa shape index (κ1) is 11.6. The van der Waals surface area contributed by atoms with E-state index in [9.17, 15) is 9.59 Å².